The van der Waals surface area contributed by atoms with Gasteiger partial charge in [0, 0.05) is 36.1 Å². The highest BCUT2D eigenvalue weighted by Crippen LogP contribution is 2.29. The maximum absolute atomic E-state index is 12.8. The van der Waals surface area contributed by atoms with Gasteiger partial charge in [0.15, 0.2) is 0 Å². The molecule has 0 aliphatic carbocycles. The minimum Gasteiger partial charge on any atom is -0.379 e. The van der Waals surface area contributed by atoms with Crippen LogP contribution in [0, 0.1) is 5.92 Å². The summed E-state index contributed by atoms with van der Waals surface area (Å²) < 4.78 is 5.55. The molecule has 3 rings (SSSR count). The van der Waals surface area contributed by atoms with Gasteiger partial charge in [-0.2, -0.15) is 0 Å². The summed E-state index contributed by atoms with van der Waals surface area (Å²) in [7, 11) is 2.18. The number of rotatable bonds is 6. The molecule has 1 N–H and O–H groups in total. The largest absolute Gasteiger partial charge is 0.379 e. The van der Waals surface area contributed by atoms with E-state index in [-0.39, 0.29) is 17.4 Å². The minimum atomic E-state index is -0.0563. The summed E-state index contributed by atoms with van der Waals surface area (Å²) in [6.07, 6.45) is 2.92. The van der Waals surface area contributed by atoms with E-state index in [9.17, 15) is 4.79 Å². The highest BCUT2D eigenvalue weighted by atomic mass is 35.5. The number of likely N-dealkylation sites (tertiary alicyclic amines) is 1. The zero-order chi connectivity index (χ0) is 19.3. The zero-order valence-electron chi connectivity index (χ0n) is 16.5. The van der Waals surface area contributed by atoms with Crippen LogP contribution in [0.15, 0.2) is 24.3 Å². The summed E-state index contributed by atoms with van der Waals surface area (Å²) >= 11 is 5.95. The number of hydrogen-bond donors (Lipinski definition) is 1. The lowest BCUT2D eigenvalue weighted by Crippen LogP contribution is -2.62. The third-order valence-electron chi connectivity index (χ3n) is 6.09. The number of morpholine rings is 1. The van der Waals surface area contributed by atoms with Gasteiger partial charge in [-0.1, -0.05) is 30.7 Å². The quantitative estimate of drug-likeness (QED) is 0.806. The fourth-order valence-electron chi connectivity index (χ4n) is 4.17. The van der Waals surface area contributed by atoms with Crippen molar-refractivity contribution in [2.24, 2.45) is 5.92 Å². The number of carbonyl (C=O) groups excluding carboxylic acids is 1. The van der Waals surface area contributed by atoms with Crippen molar-refractivity contribution in [2.75, 3.05) is 53.0 Å². The van der Waals surface area contributed by atoms with Crippen molar-refractivity contribution in [3.05, 3.63) is 34.9 Å². The van der Waals surface area contributed by atoms with Gasteiger partial charge < -0.3 is 15.0 Å². The first-order valence-electron chi connectivity index (χ1n) is 10.0. The molecule has 2 heterocycles. The van der Waals surface area contributed by atoms with Gasteiger partial charge in [0.2, 0.25) is 5.91 Å². The molecule has 6 heteroatoms. The predicted molar refractivity (Wildman–Crippen MR) is 109 cm³/mol. The fourth-order valence-corrected chi connectivity index (χ4v) is 4.30. The smallest absolute Gasteiger partial charge is 0.223 e. The molecule has 0 saturated carbocycles. The Morgan fingerprint density at radius 3 is 2.44 bits per heavy atom. The van der Waals surface area contributed by atoms with E-state index >= 15 is 0 Å². The van der Waals surface area contributed by atoms with Gasteiger partial charge in [0.25, 0.3) is 0 Å². The number of benzene rings is 1. The summed E-state index contributed by atoms with van der Waals surface area (Å²) in [5.41, 5.74) is 1.20. The van der Waals surface area contributed by atoms with E-state index in [0.29, 0.717) is 0 Å². The molecule has 0 bridgehead atoms. The van der Waals surface area contributed by atoms with Crippen LogP contribution in [0.25, 0.3) is 0 Å². The number of nitrogens with zero attached hydrogens (tertiary/aromatic N) is 2. The number of hydrogen-bond acceptors (Lipinski definition) is 4. The van der Waals surface area contributed by atoms with E-state index < -0.39 is 0 Å². The van der Waals surface area contributed by atoms with E-state index in [1.165, 1.54) is 0 Å². The fraction of sp³-hybridized carbons (Fsp3) is 0.667. The number of amides is 1. The van der Waals surface area contributed by atoms with Crippen LogP contribution in [0.2, 0.25) is 5.02 Å². The Kier molecular flexibility index (Phi) is 7.15. The van der Waals surface area contributed by atoms with Crippen LogP contribution >= 0.6 is 11.6 Å². The van der Waals surface area contributed by atoms with Gasteiger partial charge in [-0.05, 0) is 57.1 Å². The Balaban J connectivity index is 1.58. The Bertz CT molecular complexity index is 608. The maximum Gasteiger partial charge on any atom is 0.223 e. The van der Waals surface area contributed by atoms with Crippen LogP contribution in [-0.2, 0) is 16.0 Å². The van der Waals surface area contributed by atoms with Gasteiger partial charge in [0.05, 0.1) is 13.2 Å². The second-order valence-electron chi connectivity index (χ2n) is 8.08. The van der Waals surface area contributed by atoms with Gasteiger partial charge >= 0.3 is 0 Å². The lowest BCUT2D eigenvalue weighted by molar-refractivity contribution is -0.125. The third kappa shape index (κ3) is 5.44. The van der Waals surface area contributed by atoms with Crippen LogP contribution in [-0.4, -0.2) is 74.2 Å². The molecule has 1 aromatic rings. The van der Waals surface area contributed by atoms with E-state index in [4.69, 9.17) is 16.3 Å². The molecule has 2 aliphatic rings. The van der Waals surface area contributed by atoms with Crippen molar-refractivity contribution >= 4 is 17.5 Å². The molecule has 0 radical (unpaired) electrons. The number of nitrogens with one attached hydrogen (secondary N) is 1. The van der Waals surface area contributed by atoms with E-state index in [1.54, 1.807) is 0 Å². The number of ether oxygens (including phenoxy) is 1. The van der Waals surface area contributed by atoms with Crippen LogP contribution < -0.4 is 5.32 Å². The molecule has 0 spiro atoms. The normalized spacial score (nSPS) is 22.3. The average Bonchev–Trinajstić information content (AvgIpc) is 2.70. The lowest BCUT2D eigenvalue weighted by Gasteiger charge is -2.49. The second kappa shape index (κ2) is 9.37. The van der Waals surface area contributed by atoms with Crippen LogP contribution in [0.3, 0.4) is 0 Å². The highest BCUT2D eigenvalue weighted by Gasteiger charge is 2.40. The number of halogens is 1. The molecule has 2 saturated heterocycles. The Morgan fingerprint density at radius 2 is 1.81 bits per heavy atom. The predicted octanol–water partition coefficient (Wildman–Crippen LogP) is 2.43. The van der Waals surface area contributed by atoms with Gasteiger partial charge in [-0.25, -0.2) is 0 Å². The summed E-state index contributed by atoms with van der Waals surface area (Å²) in [5, 5.41) is 4.00. The third-order valence-corrected chi connectivity index (χ3v) is 6.35. The maximum atomic E-state index is 12.8. The molecule has 1 aromatic carbocycles. The molecular formula is C21H32ClN3O2. The summed E-state index contributed by atoms with van der Waals surface area (Å²) in [6, 6.07) is 7.76. The first-order chi connectivity index (χ1) is 13.0. The second-order valence-corrected chi connectivity index (χ2v) is 8.51. The lowest BCUT2D eigenvalue weighted by atomic mass is 9.85. The van der Waals surface area contributed by atoms with Crippen molar-refractivity contribution in [3.63, 3.8) is 0 Å². The summed E-state index contributed by atoms with van der Waals surface area (Å²) in [4.78, 5) is 17.7. The van der Waals surface area contributed by atoms with Crippen molar-refractivity contribution in [1.82, 2.24) is 15.1 Å². The van der Waals surface area contributed by atoms with Crippen LogP contribution in [0.5, 0.6) is 0 Å². The number of piperidine rings is 1. The SMILES string of the molecule is CC(Cc1ccc(Cl)cc1)C(=O)NCC1(N2CCOCC2)CCN(C)CC1. The van der Waals surface area contributed by atoms with Gasteiger partial charge in [0.1, 0.15) is 0 Å². The molecule has 0 aromatic heterocycles. The Morgan fingerprint density at radius 1 is 1.19 bits per heavy atom. The number of carbonyl (C=O) groups is 1. The van der Waals surface area contributed by atoms with Crippen LogP contribution in [0.4, 0.5) is 0 Å². The monoisotopic (exact) mass is 393 g/mol. The minimum absolute atomic E-state index is 0.0563. The molecule has 27 heavy (non-hydrogen) atoms. The molecule has 1 amide bonds. The molecule has 150 valence electrons. The topological polar surface area (TPSA) is 44.8 Å². The Labute approximate surface area is 168 Å². The Hall–Kier alpha value is -1.14. The zero-order valence-corrected chi connectivity index (χ0v) is 17.3. The van der Waals surface area contributed by atoms with Crippen molar-refractivity contribution in [1.29, 1.82) is 0 Å². The summed E-state index contributed by atoms with van der Waals surface area (Å²) in [6.45, 7) is 8.38. The van der Waals surface area contributed by atoms with E-state index in [0.717, 1.165) is 75.8 Å². The summed E-state index contributed by atoms with van der Waals surface area (Å²) in [5.74, 6) is 0.0793. The molecule has 2 aliphatic heterocycles. The van der Waals surface area contributed by atoms with E-state index in [1.807, 2.05) is 31.2 Å². The standard InChI is InChI=1S/C21H32ClN3O2/c1-17(15-18-3-5-19(22)6-4-18)20(26)23-16-21(7-9-24(2)10-8-21)25-11-13-27-14-12-25/h3-6,17H,7-16H2,1-2H3,(H,23,26). The van der Waals surface area contributed by atoms with Gasteiger partial charge in [-0.3, -0.25) is 9.69 Å². The first kappa shape index (κ1) is 20.6. The average molecular weight is 394 g/mol. The van der Waals surface area contributed by atoms with Crippen molar-refractivity contribution in [3.8, 4) is 0 Å². The van der Waals surface area contributed by atoms with Gasteiger partial charge in [-0.15, -0.1) is 0 Å². The molecular weight excluding hydrogens is 362 g/mol. The van der Waals surface area contributed by atoms with Crippen LogP contribution in [0.1, 0.15) is 25.3 Å². The first-order valence-corrected chi connectivity index (χ1v) is 10.4. The molecule has 5 nitrogen and oxygen atoms in total. The van der Waals surface area contributed by atoms with E-state index in [2.05, 4.69) is 22.2 Å². The molecule has 1 atom stereocenters. The molecule has 2 fully saturated rings. The van der Waals surface area contributed by atoms with Crippen molar-refractivity contribution < 1.29 is 9.53 Å². The highest BCUT2D eigenvalue weighted by molar-refractivity contribution is 6.30. The van der Waals surface area contributed by atoms with Crippen molar-refractivity contribution in [2.45, 2.75) is 31.7 Å². The molecule has 1 unspecified atom stereocenters.